The number of para-hydroxylation sites is 3. The maximum Gasteiger partial charge on any atom is 0.159 e. The third-order valence-corrected chi connectivity index (χ3v) is 13.0. The highest BCUT2D eigenvalue weighted by Gasteiger charge is 2.27. The van der Waals surface area contributed by atoms with Gasteiger partial charge < -0.3 is 19.2 Å². The predicted molar refractivity (Wildman–Crippen MR) is 278 cm³/mol. The van der Waals surface area contributed by atoms with E-state index >= 15 is 0 Å². The molecule has 0 radical (unpaired) electrons. The Balaban J connectivity index is 0.969. The van der Waals surface area contributed by atoms with Crippen LogP contribution in [0.3, 0.4) is 0 Å². The lowest BCUT2D eigenvalue weighted by Gasteiger charge is -2.28. The number of amidine groups is 2. The summed E-state index contributed by atoms with van der Waals surface area (Å²) in [6.45, 7) is 0. The van der Waals surface area contributed by atoms with E-state index in [4.69, 9.17) is 14.4 Å². The Labute approximate surface area is 387 Å². The molecular formula is C61H41N5O. The van der Waals surface area contributed by atoms with Gasteiger partial charge in [-0.2, -0.15) is 0 Å². The molecule has 0 bridgehead atoms. The Bertz CT molecular complexity index is 3830. The summed E-state index contributed by atoms with van der Waals surface area (Å²) in [4.78, 5) is 13.0. The van der Waals surface area contributed by atoms with Crippen LogP contribution in [0, 0.1) is 0 Å². The predicted octanol–water partition coefficient (Wildman–Crippen LogP) is 15.5. The van der Waals surface area contributed by atoms with E-state index in [9.17, 15) is 0 Å². The van der Waals surface area contributed by atoms with Crippen LogP contribution in [0.4, 0.5) is 17.1 Å². The Morgan fingerprint density at radius 3 is 1.82 bits per heavy atom. The second-order valence-electron chi connectivity index (χ2n) is 17.0. The zero-order valence-corrected chi connectivity index (χ0v) is 36.3. The molecule has 6 heteroatoms. The Morgan fingerprint density at radius 2 is 1.07 bits per heavy atom. The third-order valence-electron chi connectivity index (χ3n) is 13.0. The molecule has 10 aromatic carbocycles. The summed E-state index contributed by atoms with van der Waals surface area (Å²) in [7, 11) is 0. The van der Waals surface area contributed by atoms with Gasteiger partial charge >= 0.3 is 0 Å². The number of hydrogen-bond donors (Lipinski definition) is 1. The SMILES string of the molecule is c1ccc(-c2ccc(N(c3ccc4ccccc4c3)c3ccc(C4=NC(c5ccc(-n6c7ccccc7c7ccccc76)cc5)=NC(c5ccccc5)N4)c4oc5ccccc5c34)cc2)cc1. The first-order valence-corrected chi connectivity index (χ1v) is 22.7. The summed E-state index contributed by atoms with van der Waals surface area (Å²) in [6.07, 6.45) is -0.392. The van der Waals surface area contributed by atoms with Crippen molar-refractivity contribution < 1.29 is 4.42 Å². The first-order valence-electron chi connectivity index (χ1n) is 22.7. The van der Waals surface area contributed by atoms with E-state index in [2.05, 4.69) is 233 Å². The second-order valence-corrected chi connectivity index (χ2v) is 17.0. The molecule has 12 aromatic rings. The number of aliphatic imine (C=N–C) groups is 2. The number of hydrogen-bond acceptors (Lipinski definition) is 5. The molecule has 0 amide bonds. The van der Waals surface area contributed by atoms with Gasteiger partial charge in [0.15, 0.2) is 5.84 Å². The largest absolute Gasteiger partial charge is 0.455 e. The second kappa shape index (κ2) is 15.9. The van der Waals surface area contributed by atoms with E-state index in [0.717, 1.165) is 66.9 Å². The maximum atomic E-state index is 6.97. The summed E-state index contributed by atoms with van der Waals surface area (Å²) in [5.74, 6) is 1.33. The average Bonchev–Trinajstić information content (AvgIpc) is 3.96. The third kappa shape index (κ3) is 6.65. The van der Waals surface area contributed by atoms with Gasteiger partial charge in [-0.05, 0) is 106 Å². The van der Waals surface area contributed by atoms with Gasteiger partial charge in [-0.1, -0.05) is 158 Å². The molecule has 1 atom stereocenters. The Kier molecular flexibility index (Phi) is 9.13. The summed E-state index contributed by atoms with van der Waals surface area (Å²) in [5, 5.41) is 10.6. The standard InChI is InChI=1S/C61H41N5O/c1-3-15-40(16-4-1)42-27-32-46(33-28-42)65(48-36-29-41-17-7-8-20-45(41)39-48)55-38-37-52(58-57(55)51-23-11-14-26-56(51)67-58)61-63-59(43-18-5-2-6-19-43)62-60(64-61)44-30-34-47(35-31-44)66-53-24-12-9-21-49(53)50-22-10-13-25-54(50)66/h1-39,59H,(H,62,63,64). The van der Waals surface area contributed by atoms with Crippen LogP contribution in [0.5, 0.6) is 0 Å². The lowest BCUT2D eigenvalue weighted by molar-refractivity contribution is 0.659. The van der Waals surface area contributed by atoms with Crippen LogP contribution in [0.15, 0.2) is 251 Å². The molecule has 67 heavy (non-hydrogen) atoms. The number of nitrogens with zero attached hydrogens (tertiary/aromatic N) is 4. The van der Waals surface area contributed by atoms with Gasteiger partial charge in [0.1, 0.15) is 23.2 Å². The van der Waals surface area contributed by atoms with Crippen molar-refractivity contribution in [2.24, 2.45) is 9.98 Å². The van der Waals surface area contributed by atoms with E-state index in [0.29, 0.717) is 11.7 Å². The highest BCUT2D eigenvalue weighted by Crippen LogP contribution is 2.45. The molecule has 1 N–H and O–H groups in total. The zero-order chi connectivity index (χ0) is 44.3. The summed E-state index contributed by atoms with van der Waals surface area (Å²) in [5.41, 5.74) is 13.2. The highest BCUT2D eigenvalue weighted by molar-refractivity contribution is 6.23. The van der Waals surface area contributed by atoms with Crippen LogP contribution in [0.1, 0.15) is 22.9 Å². The minimum atomic E-state index is -0.392. The van der Waals surface area contributed by atoms with Gasteiger partial charge in [0, 0.05) is 38.8 Å². The smallest absolute Gasteiger partial charge is 0.159 e. The molecule has 0 saturated carbocycles. The molecule has 1 unspecified atom stereocenters. The molecule has 0 spiro atoms. The first kappa shape index (κ1) is 38.5. The molecule has 6 nitrogen and oxygen atoms in total. The Morgan fingerprint density at radius 1 is 0.478 bits per heavy atom. The van der Waals surface area contributed by atoms with Crippen molar-refractivity contribution in [3.05, 3.63) is 253 Å². The van der Waals surface area contributed by atoms with Crippen molar-refractivity contribution in [3.8, 4) is 16.8 Å². The molecule has 2 aromatic heterocycles. The van der Waals surface area contributed by atoms with Crippen LogP contribution in [-0.4, -0.2) is 16.2 Å². The fourth-order valence-electron chi connectivity index (χ4n) is 9.84. The van der Waals surface area contributed by atoms with Crippen LogP contribution >= 0.6 is 0 Å². The first-order chi connectivity index (χ1) is 33.2. The lowest BCUT2D eigenvalue weighted by Crippen LogP contribution is -2.33. The van der Waals surface area contributed by atoms with Gasteiger partial charge in [0.2, 0.25) is 0 Å². The highest BCUT2D eigenvalue weighted by atomic mass is 16.3. The molecule has 3 heterocycles. The van der Waals surface area contributed by atoms with Crippen molar-refractivity contribution in [2.75, 3.05) is 4.90 Å². The minimum Gasteiger partial charge on any atom is -0.455 e. The number of aromatic nitrogens is 1. The molecule has 0 fully saturated rings. The van der Waals surface area contributed by atoms with Crippen LogP contribution in [0.2, 0.25) is 0 Å². The van der Waals surface area contributed by atoms with E-state index in [1.807, 2.05) is 18.2 Å². The number of anilines is 3. The van der Waals surface area contributed by atoms with Crippen molar-refractivity contribution in [3.63, 3.8) is 0 Å². The van der Waals surface area contributed by atoms with E-state index in [1.54, 1.807) is 0 Å². The van der Waals surface area contributed by atoms with Crippen LogP contribution in [0.25, 0.3) is 71.3 Å². The maximum absolute atomic E-state index is 6.97. The molecule has 0 aliphatic carbocycles. The van der Waals surface area contributed by atoms with Crippen molar-refractivity contribution in [2.45, 2.75) is 6.17 Å². The number of benzene rings is 10. The normalized spacial score (nSPS) is 13.8. The number of furan rings is 1. The molecule has 13 rings (SSSR count). The van der Waals surface area contributed by atoms with Crippen LogP contribution < -0.4 is 10.2 Å². The quantitative estimate of drug-likeness (QED) is 0.166. The van der Waals surface area contributed by atoms with Gasteiger partial charge in [0.25, 0.3) is 0 Å². The topological polar surface area (TPSA) is 58.1 Å². The Hall–Kier alpha value is -9.00. The van der Waals surface area contributed by atoms with Gasteiger partial charge in [-0.15, -0.1) is 0 Å². The van der Waals surface area contributed by atoms with Crippen molar-refractivity contribution in [1.29, 1.82) is 0 Å². The zero-order valence-electron chi connectivity index (χ0n) is 36.3. The summed E-state index contributed by atoms with van der Waals surface area (Å²) >= 11 is 0. The van der Waals surface area contributed by atoms with Gasteiger partial charge in [-0.25, -0.2) is 9.98 Å². The summed E-state index contributed by atoms with van der Waals surface area (Å²) < 4.78 is 9.30. The minimum absolute atomic E-state index is 0.392. The molecule has 0 saturated heterocycles. The van der Waals surface area contributed by atoms with E-state index in [1.165, 1.54) is 38.1 Å². The molecule has 1 aliphatic rings. The molecule has 1 aliphatic heterocycles. The average molecular weight is 860 g/mol. The van der Waals surface area contributed by atoms with E-state index in [-0.39, 0.29) is 0 Å². The molecular weight excluding hydrogens is 819 g/mol. The fraction of sp³-hybridized carbons (Fsp3) is 0.0164. The van der Waals surface area contributed by atoms with Crippen LogP contribution in [-0.2, 0) is 0 Å². The number of nitrogens with one attached hydrogen (secondary N) is 1. The number of fused-ring (bicyclic) bond motifs is 7. The number of rotatable bonds is 8. The monoisotopic (exact) mass is 859 g/mol. The van der Waals surface area contributed by atoms with Crippen molar-refractivity contribution >= 4 is 83.3 Å². The van der Waals surface area contributed by atoms with Gasteiger partial charge in [-0.3, -0.25) is 0 Å². The molecule has 316 valence electrons. The summed E-state index contributed by atoms with van der Waals surface area (Å²) in [6, 6.07) is 83.4. The van der Waals surface area contributed by atoms with Crippen molar-refractivity contribution in [1.82, 2.24) is 9.88 Å². The lowest BCUT2D eigenvalue weighted by atomic mass is 10.0. The van der Waals surface area contributed by atoms with E-state index < -0.39 is 6.17 Å². The van der Waals surface area contributed by atoms with Gasteiger partial charge in [0.05, 0.1) is 27.7 Å². The fourth-order valence-corrected chi connectivity index (χ4v) is 9.84.